The molecular weight excluding hydrogens is 296 g/mol. The lowest BCUT2D eigenvalue weighted by molar-refractivity contribution is -0.385. The number of aromatic nitrogens is 2. The van der Waals surface area contributed by atoms with Gasteiger partial charge in [-0.2, -0.15) is 5.10 Å². The third-order valence-electron chi connectivity index (χ3n) is 2.96. The van der Waals surface area contributed by atoms with Gasteiger partial charge in [0.1, 0.15) is 12.4 Å². The SMILES string of the molecule is Cc1ccc(Cl)cc1NCC(O)Cn1cc([N+](=O)[O-])cn1. The fraction of sp³-hybridized carbons (Fsp3) is 0.308. The van der Waals surface area contributed by atoms with Crippen LogP contribution in [-0.2, 0) is 6.54 Å². The molecule has 21 heavy (non-hydrogen) atoms. The van der Waals surface area contributed by atoms with Crippen LogP contribution in [-0.4, -0.2) is 32.5 Å². The van der Waals surface area contributed by atoms with Crippen molar-refractivity contribution in [3.8, 4) is 0 Å². The third kappa shape index (κ3) is 4.17. The molecule has 0 aliphatic rings. The van der Waals surface area contributed by atoms with Gasteiger partial charge in [-0.05, 0) is 24.6 Å². The predicted molar refractivity (Wildman–Crippen MR) is 79.6 cm³/mol. The minimum absolute atomic E-state index is 0.0964. The highest BCUT2D eigenvalue weighted by Gasteiger charge is 2.12. The molecular formula is C13H15ClN4O3. The first kappa shape index (κ1) is 15.3. The highest BCUT2D eigenvalue weighted by Crippen LogP contribution is 2.20. The molecule has 1 heterocycles. The third-order valence-corrected chi connectivity index (χ3v) is 3.19. The van der Waals surface area contributed by atoms with E-state index < -0.39 is 11.0 Å². The fourth-order valence-corrected chi connectivity index (χ4v) is 2.01. The average Bonchev–Trinajstić information content (AvgIpc) is 2.88. The van der Waals surface area contributed by atoms with Crippen LogP contribution in [0.25, 0.3) is 0 Å². The van der Waals surface area contributed by atoms with E-state index in [0.29, 0.717) is 5.02 Å². The van der Waals surface area contributed by atoms with Crippen LogP contribution in [0.5, 0.6) is 0 Å². The van der Waals surface area contributed by atoms with Crippen molar-refractivity contribution in [1.29, 1.82) is 0 Å². The fourth-order valence-electron chi connectivity index (χ4n) is 1.84. The molecule has 112 valence electrons. The van der Waals surface area contributed by atoms with Gasteiger partial charge < -0.3 is 10.4 Å². The number of anilines is 1. The quantitative estimate of drug-likeness (QED) is 0.630. The summed E-state index contributed by atoms with van der Waals surface area (Å²) < 4.78 is 1.34. The number of halogens is 1. The molecule has 0 aliphatic heterocycles. The van der Waals surface area contributed by atoms with Gasteiger partial charge in [0, 0.05) is 17.3 Å². The highest BCUT2D eigenvalue weighted by molar-refractivity contribution is 6.30. The number of nitro groups is 1. The van der Waals surface area contributed by atoms with Gasteiger partial charge in [0.2, 0.25) is 0 Å². The van der Waals surface area contributed by atoms with Gasteiger partial charge in [-0.25, -0.2) is 0 Å². The summed E-state index contributed by atoms with van der Waals surface area (Å²) in [5.41, 5.74) is 1.76. The van der Waals surface area contributed by atoms with E-state index in [1.54, 1.807) is 12.1 Å². The second-order valence-corrected chi connectivity index (χ2v) is 5.11. The minimum atomic E-state index is -0.733. The smallest absolute Gasteiger partial charge is 0.306 e. The van der Waals surface area contributed by atoms with Crippen molar-refractivity contribution in [2.45, 2.75) is 19.6 Å². The van der Waals surface area contributed by atoms with Crippen LogP contribution in [0.15, 0.2) is 30.6 Å². The van der Waals surface area contributed by atoms with E-state index in [1.807, 2.05) is 13.0 Å². The second kappa shape index (κ2) is 6.55. The zero-order chi connectivity index (χ0) is 15.4. The normalized spacial score (nSPS) is 12.1. The Labute approximate surface area is 126 Å². The Morgan fingerprint density at radius 3 is 3.00 bits per heavy atom. The van der Waals surface area contributed by atoms with Crippen LogP contribution in [0.3, 0.4) is 0 Å². The Kier molecular flexibility index (Phi) is 4.77. The number of rotatable bonds is 6. The maximum Gasteiger partial charge on any atom is 0.306 e. The lowest BCUT2D eigenvalue weighted by Crippen LogP contribution is -2.25. The van der Waals surface area contributed by atoms with Crippen LogP contribution in [0.2, 0.25) is 5.02 Å². The molecule has 0 spiro atoms. The lowest BCUT2D eigenvalue weighted by atomic mass is 10.2. The number of aliphatic hydroxyl groups is 1. The first-order chi connectivity index (χ1) is 9.95. The van der Waals surface area contributed by atoms with E-state index in [4.69, 9.17) is 11.6 Å². The summed E-state index contributed by atoms with van der Waals surface area (Å²) in [4.78, 5) is 10.0. The van der Waals surface area contributed by atoms with Gasteiger partial charge in [0.25, 0.3) is 0 Å². The topological polar surface area (TPSA) is 93.2 Å². The molecule has 7 nitrogen and oxygen atoms in total. The van der Waals surface area contributed by atoms with Gasteiger partial charge in [-0.15, -0.1) is 0 Å². The number of nitrogens with one attached hydrogen (secondary N) is 1. The molecule has 1 atom stereocenters. The zero-order valence-electron chi connectivity index (χ0n) is 11.4. The zero-order valence-corrected chi connectivity index (χ0v) is 12.1. The Hall–Kier alpha value is -2.12. The molecule has 0 saturated heterocycles. The molecule has 2 rings (SSSR count). The molecule has 0 radical (unpaired) electrons. The molecule has 2 N–H and O–H groups in total. The molecule has 0 aliphatic carbocycles. The summed E-state index contributed by atoms with van der Waals surface area (Å²) in [6, 6.07) is 5.46. The van der Waals surface area contributed by atoms with Crippen LogP contribution in [0.4, 0.5) is 11.4 Å². The van der Waals surface area contributed by atoms with Gasteiger partial charge in [-0.3, -0.25) is 14.8 Å². The number of aryl methyl sites for hydroxylation is 1. The van der Waals surface area contributed by atoms with Crippen LogP contribution >= 0.6 is 11.6 Å². The molecule has 2 aromatic rings. The number of hydrogen-bond donors (Lipinski definition) is 2. The van der Waals surface area contributed by atoms with Crippen molar-refractivity contribution < 1.29 is 10.0 Å². The molecule has 0 saturated carbocycles. The molecule has 1 unspecified atom stereocenters. The van der Waals surface area contributed by atoms with Crippen LogP contribution in [0.1, 0.15) is 5.56 Å². The van der Waals surface area contributed by atoms with E-state index in [2.05, 4.69) is 10.4 Å². The first-order valence-corrected chi connectivity index (χ1v) is 6.68. The Morgan fingerprint density at radius 2 is 2.33 bits per heavy atom. The number of aliphatic hydroxyl groups excluding tert-OH is 1. The van der Waals surface area contributed by atoms with E-state index in [-0.39, 0.29) is 18.8 Å². The van der Waals surface area contributed by atoms with Crippen LogP contribution < -0.4 is 5.32 Å². The summed E-state index contributed by atoms with van der Waals surface area (Å²) in [6.07, 6.45) is 1.71. The van der Waals surface area contributed by atoms with E-state index in [1.165, 1.54) is 10.9 Å². The van der Waals surface area contributed by atoms with Gasteiger partial charge >= 0.3 is 5.69 Å². The van der Waals surface area contributed by atoms with E-state index in [9.17, 15) is 15.2 Å². The van der Waals surface area contributed by atoms with Gasteiger partial charge in [0.15, 0.2) is 0 Å². The molecule has 8 heteroatoms. The summed E-state index contributed by atoms with van der Waals surface area (Å²) in [5, 5.41) is 28.0. The second-order valence-electron chi connectivity index (χ2n) is 4.67. The summed E-state index contributed by atoms with van der Waals surface area (Å²) in [7, 11) is 0. The van der Waals surface area contributed by atoms with Gasteiger partial charge in [0.05, 0.1) is 17.6 Å². The van der Waals surface area contributed by atoms with E-state index >= 15 is 0 Å². The maximum absolute atomic E-state index is 10.5. The van der Waals surface area contributed by atoms with Crippen molar-refractivity contribution >= 4 is 23.0 Å². The molecule has 1 aromatic heterocycles. The number of hydrogen-bond acceptors (Lipinski definition) is 5. The minimum Gasteiger partial charge on any atom is -0.389 e. The average molecular weight is 311 g/mol. The standard InChI is InChI=1S/C13H15ClN4O3/c1-9-2-3-10(14)4-13(9)15-6-12(19)8-17-7-11(5-16-17)18(20)21/h2-5,7,12,15,19H,6,8H2,1H3. The van der Waals surface area contributed by atoms with Crippen molar-refractivity contribution in [3.63, 3.8) is 0 Å². The number of nitrogens with zero attached hydrogens (tertiary/aromatic N) is 3. The first-order valence-electron chi connectivity index (χ1n) is 6.30. The molecule has 0 fully saturated rings. The summed E-state index contributed by atoms with van der Waals surface area (Å²) in [6.45, 7) is 2.39. The molecule has 0 bridgehead atoms. The van der Waals surface area contributed by atoms with Crippen molar-refractivity contribution in [3.05, 3.63) is 51.3 Å². The summed E-state index contributed by atoms with van der Waals surface area (Å²) in [5.74, 6) is 0. The maximum atomic E-state index is 10.5. The van der Waals surface area contributed by atoms with Crippen molar-refractivity contribution in [2.75, 3.05) is 11.9 Å². The Balaban J connectivity index is 1.90. The Morgan fingerprint density at radius 1 is 1.57 bits per heavy atom. The number of benzene rings is 1. The summed E-state index contributed by atoms with van der Waals surface area (Å²) >= 11 is 5.91. The molecule has 1 aromatic carbocycles. The lowest BCUT2D eigenvalue weighted by Gasteiger charge is -2.14. The predicted octanol–water partition coefficient (Wildman–Crippen LogP) is 2.23. The monoisotopic (exact) mass is 310 g/mol. The van der Waals surface area contributed by atoms with E-state index in [0.717, 1.165) is 17.4 Å². The highest BCUT2D eigenvalue weighted by atomic mass is 35.5. The van der Waals surface area contributed by atoms with Crippen molar-refractivity contribution in [1.82, 2.24) is 9.78 Å². The van der Waals surface area contributed by atoms with Crippen LogP contribution in [0, 0.1) is 17.0 Å². The van der Waals surface area contributed by atoms with Gasteiger partial charge in [-0.1, -0.05) is 17.7 Å². The largest absolute Gasteiger partial charge is 0.389 e. The van der Waals surface area contributed by atoms with Crippen molar-refractivity contribution in [2.24, 2.45) is 0 Å². The molecule has 0 amide bonds. The Bertz CT molecular complexity index is 644.